The van der Waals surface area contributed by atoms with Crippen LogP contribution in [0.25, 0.3) is 0 Å². The van der Waals surface area contributed by atoms with E-state index in [9.17, 15) is 14.7 Å². The van der Waals surface area contributed by atoms with Crippen molar-refractivity contribution in [2.45, 2.75) is 12.0 Å². The third-order valence-electron chi connectivity index (χ3n) is 4.07. The molecule has 1 aliphatic heterocycles. The maximum absolute atomic E-state index is 12.6. The smallest absolute Gasteiger partial charge is 0.313 e. The quantitative estimate of drug-likeness (QED) is 0.924. The van der Waals surface area contributed by atoms with Crippen molar-refractivity contribution >= 4 is 23.5 Å². The highest BCUT2D eigenvalue weighted by atomic mass is 35.5. The van der Waals surface area contributed by atoms with Gasteiger partial charge >= 0.3 is 5.97 Å². The normalized spacial score (nSPS) is 20.6. The van der Waals surface area contributed by atoms with Gasteiger partial charge in [0.15, 0.2) is 0 Å². The molecule has 2 aromatic rings. The lowest BCUT2D eigenvalue weighted by molar-refractivity contribution is -0.140. The first-order valence-corrected chi connectivity index (χ1v) is 7.23. The van der Waals surface area contributed by atoms with Gasteiger partial charge in [-0.15, -0.1) is 0 Å². The van der Waals surface area contributed by atoms with Crippen LogP contribution in [-0.4, -0.2) is 28.9 Å². The maximum Gasteiger partial charge on any atom is 0.313 e. The van der Waals surface area contributed by atoms with Crippen molar-refractivity contribution in [3.63, 3.8) is 0 Å². The number of carboxylic acids is 1. The van der Waals surface area contributed by atoms with Crippen LogP contribution in [0, 0.1) is 0 Å². The molecule has 0 fully saturated rings. The van der Waals surface area contributed by atoms with Crippen LogP contribution in [0.5, 0.6) is 0 Å². The van der Waals surface area contributed by atoms with Crippen molar-refractivity contribution in [2.75, 3.05) is 7.05 Å². The van der Waals surface area contributed by atoms with E-state index in [1.165, 1.54) is 4.90 Å². The van der Waals surface area contributed by atoms with Crippen molar-refractivity contribution in [3.8, 4) is 0 Å². The molecule has 112 valence electrons. The first-order valence-electron chi connectivity index (χ1n) is 6.85. The number of nitrogens with zero attached hydrogens (tertiary/aromatic N) is 1. The molecular formula is C17H14ClNO3. The fourth-order valence-corrected chi connectivity index (χ4v) is 3.29. The Bertz CT molecular complexity index is 759. The molecule has 1 amide bonds. The second-order valence-electron chi connectivity index (χ2n) is 5.29. The number of amides is 1. The van der Waals surface area contributed by atoms with Crippen LogP contribution in [-0.2, 0) is 4.79 Å². The van der Waals surface area contributed by atoms with E-state index in [1.54, 1.807) is 55.6 Å². The van der Waals surface area contributed by atoms with Crippen LogP contribution < -0.4 is 0 Å². The van der Waals surface area contributed by atoms with Gasteiger partial charge in [0, 0.05) is 17.6 Å². The summed E-state index contributed by atoms with van der Waals surface area (Å²) in [5.41, 5.74) is 1.60. The van der Waals surface area contributed by atoms with Crippen molar-refractivity contribution < 1.29 is 14.7 Å². The SMILES string of the molecule is CN1C(=O)c2ccccc2[C@H](C(=O)O)[C@H]1c1ccccc1Cl. The molecule has 0 bridgehead atoms. The zero-order valence-electron chi connectivity index (χ0n) is 11.9. The number of likely N-dealkylation sites (N-methyl/N-ethyl adjacent to an activating group) is 1. The molecule has 0 unspecified atom stereocenters. The maximum atomic E-state index is 12.6. The Hall–Kier alpha value is -2.33. The zero-order valence-corrected chi connectivity index (χ0v) is 12.6. The third-order valence-corrected chi connectivity index (χ3v) is 4.41. The standard InChI is InChI=1S/C17H14ClNO3/c1-19-15(12-8-4-5-9-13(12)18)14(17(21)22)10-6-2-3-7-11(10)16(19)20/h2-9,14-15H,1H3,(H,21,22)/t14-,15+/m0/s1. The van der Waals surface area contributed by atoms with Crippen LogP contribution in [0.3, 0.4) is 0 Å². The Morgan fingerprint density at radius 2 is 1.68 bits per heavy atom. The van der Waals surface area contributed by atoms with Crippen LogP contribution in [0.2, 0.25) is 5.02 Å². The molecule has 2 aromatic carbocycles. The molecule has 0 saturated heterocycles. The average Bonchev–Trinajstić information content (AvgIpc) is 2.51. The van der Waals surface area contributed by atoms with Crippen molar-refractivity contribution in [1.29, 1.82) is 0 Å². The van der Waals surface area contributed by atoms with E-state index in [0.29, 0.717) is 21.7 Å². The van der Waals surface area contributed by atoms with Gasteiger partial charge in [-0.05, 0) is 23.3 Å². The van der Waals surface area contributed by atoms with Gasteiger partial charge in [0.05, 0.1) is 6.04 Å². The van der Waals surface area contributed by atoms with Gasteiger partial charge in [-0.1, -0.05) is 48.0 Å². The van der Waals surface area contributed by atoms with Gasteiger partial charge in [-0.2, -0.15) is 0 Å². The molecule has 3 rings (SSSR count). The minimum atomic E-state index is -0.975. The second kappa shape index (κ2) is 5.46. The molecule has 0 aromatic heterocycles. The molecule has 22 heavy (non-hydrogen) atoms. The molecule has 2 atom stereocenters. The van der Waals surface area contributed by atoms with Gasteiger partial charge in [0.1, 0.15) is 5.92 Å². The lowest BCUT2D eigenvalue weighted by atomic mass is 9.80. The number of carboxylic acid groups (broad SMARTS) is 1. The van der Waals surface area contributed by atoms with Gasteiger partial charge in [0.25, 0.3) is 5.91 Å². The molecule has 0 radical (unpaired) electrons. The Labute approximate surface area is 132 Å². The van der Waals surface area contributed by atoms with E-state index in [4.69, 9.17) is 11.6 Å². The van der Waals surface area contributed by atoms with E-state index >= 15 is 0 Å². The monoisotopic (exact) mass is 315 g/mol. The molecule has 1 N–H and O–H groups in total. The van der Waals surface area contributed by atoms with Crippen LogP contribution in [0.15, 0.2) is 48.5 Å². The summed E-state index contributed by atoms with van der Waals surface area (Å²) in [6.45, 7) is 0. The Kier molecular flexibility index (Phi) is 3.62. The van der Waals surface area contributed by atoms with E-state index in [0.717, 1.165) is 0 Å². The number of carbonyl (C=O) groups is 2. The number of carbonyl (C=O) groups excluding carboxylic acids is 1. The molecule has 4 nitrogen and oxygen atoms in total. The summed E-state index contributed by atoms with van der Waals surface area (Å²) in [5, 5.41) is 10.2. The summed E-state index contributed by atoms with van der Waals surface area (Å²) in [6, 6.07) is 13.2. The average molecular weight is 316 g/mol. The highest BCUT2D eigenvalue weighted by Crippen LogP contribution is 2.43. The van der Waals surface area contributed by atoms with Gasteiger partial charge in [0.2, 0.25) is 0 Å². The Balaban J connectivity index is 2.24. The molecule has 1 heterocycles. The molecule has 0 spiro atoms. The van der Waals surface area contributed by atoms with Crippen LogP contribution in [0.1, 0.15) is 33.4 Å². The molecular weight excluding hydrogens is 302 g/mol. The largest absolute Gasteiger partial charge is 0.481 e. The number of benzene rings is 2. The third kappa shape index (κ3) is 2.16. The van der Waals surface area contributed by atoms with E-state index in [1.807, 2.05) is 0 Å². The van der Waals surface area contributed by atoms with Crippen LogP contribution >= 0.6 is 11.6 Å². The fraction of sp³-hybridized carbons (Fsp3) is 0.176. The first-order chi connectivity index (χ1) is 10.5. The van der Waals surface area contributed by atoms with Gasteiger partial charge in [-0.25, -0.2) is 0 Å². The number of hydrogen-bond donors (Lipinski definition) is 1. The summed E-state index contributed by atoms with van der Waals surface area (Å²) in [7, 11) is 1.61. The summed E-state index contributed by atoms with van der Waals surface area (Å²) in [6.07, 6.45) is 0. The Morgan fingerprint density at radius 1 is 1.09 bits per heavy atom. The highest BCUT2D eigenvalue weighted by molar-refractivity contribution is 6.31. The molecule has 5 heteroatoms. The van der Waals surface area contributed by atoms with Gasteiger partial charge in [-0.3, -0.25) is 9.59 Å². The predicted molar refractivity (Wildman–Crippen MR) is 83.1 cm³/mol. The summed E-state index contributed by atoms with van der Waals surface area (Å²) >= 11 is 6.24. The minimum Gasteiger partial charge on any atom is -0.481 e. The van der Waals surface area contributed by atoms with E-state index in [-0.39, 0.29) is 5.91 Å². The summed E-state index contributed by atoms with van der Waals surface area (Å²) in [4.78, 5) is 25.9. The first kappa shape index (κ1) is 14.6. The number of hydrogen-bond acceptors (Lipinski definition) is 2. The van der Waals surface area contributed by atoms with Crippen molar-refractivity contribution in [3.05, 3.63) is 70.2 Å². The lowest BCUT2D eigenvalue weighted by Gasteiger charge is -2.38. The highest BCUT2D eigenvalue weighted by Gasteiger charge is 2.43. The van der Waals surface area contributed by atoms with Gasteiger partial charge < -0.3 is 10.0 Å². The molecule has 1 aliphatic rings. The Morgan fingerprint density at radius 3 is 2.32 bits per heavy atom. The second-order valence-corrected chi connectivity index (χ2v) is 5.69. The summed E-state index contributed by atoms with van der Waals surface area (Å²) in [5.74, 6) is -2.02. The number of aliphatic carboxylic acids is 1. The number of fused-ring (bicyclic) bond motifs is 1. The van der Waals surface area contributed by atoms with E-state index < -0.39 is 17.9 Å². The lowest BCUT2D eigenvalue weighted by Crippen LogP contribution is -2.42. The van der Waals surface area contributed by atoms with Crippen molar-refractivity contribution in [2.24, 2.45) is 0 Å². The summed E-state index contributed by atoms with van der Waals surface area (Å²) < 4.78 is 0. The van der Waals surface area contributed by atoms with E-state index in [2.05, 4.69) is 0 Å². The molecule has 0 aliphatic carbocycles. The minimum absolute atomic E-state index is 0.196. The van der Waals surface area contributed by atoms with Crippen LogP contribution in [0.4, 0.5) is 0 Å². The topological polar surface area (TPSA) is 57.6 Å². The predicted octanol–water partition coefficient (Wildman–Crippen LogP) is 3.34. The molecule has 0 saturated carbocycles. The van der Waals surface area contributed by atoms with Crippen molar-refractivity contribution in [1.82, 2.24) is 4.90 Å². The zero-order chi connectivity index (χ0) is 15.9. The number of halogens is 1. The number of rotatable bonds is 2. The fourth-order valence-electron chi connectivity index (χ4n) is 3.04.